The van der Waals surface area contributed by atoms with Crippen LogP contribution in [0.2, 0.25) is 0 Å². The van der Waals surface area contributed by atoms with Crippen LogP contribution in [0.25, 0.3) is 11.6 Å². The number of ether oxygens (including phenoxy) is 1. The summed E-state index contributed by atoms with van der Waals surface area (Å²) >= 11 is 0. The van der Waals surface area contributed by atoms with Gasteiger partial charge >= 0.3 is 0 Å². The van der Waals surface area contributed by atoms with Crippen LogP contribution in [0.15, 0.2) is 18.2 Å². The van der Waals surface area contributed by atoms with Gasteiger partial charge in [-0.15, -0.1) is 0 Å². The second kappa shape index (κ2) is 9.08. The summed E-state index contributed by atoms with van der Waals surface area (Å²) < 4.78 is 5.41. The third-order valence-electron chi connectivity index (χ3n) is 6.70. The Labute approximate surface area is 198 Å². The molecule has 0 bridgehead atoms. The number of H-pyrrole nitrogens is 1. The summed E-state index contributed by atoms with van der Waals surface area (Å²) in [4.78, 5) is 45.1. The summed E-state index contributed by atoms with van der Waals surface area (Å²) in [5.74, 6) is -0.343. The van der Waals surface area contributed by atoms with E-state index < -0.39 is 0 Å². The fraction of sp³-hybridized carbons (Fsp3) is 0.400. The number of carbonyl (C=O) groups is 3. The van der Waals surface area contributed by atoms with Crippen molar-refractivity contribution in [3.63, 3.8) is 0 Å². The van der Waals surface area contributed by atoms with Gasteiger partial charge in [0.25, 0.3) is 11.8 Å². The van der Waals surface area contributed by atoms with Crippen molar-refractivity contribution in [2.45, 2.75) is 20.3 Å². The van der Waals surface area contributed by atoms with Gasteiger partial charge in [-0.05, 0) is 36.8 Å². The maximum Gasteiger partial charge on any atom is 0.256 e. The van der Waals surface area contributed by atoms with Gasteiger partial charge in [-0.25, -0.2) is 0 Å². The minimum Gasteiger partial charge on any atom is -0.379 e. The molecule has 0 atom stereocenters. The van der Waals surface area contributed by atoms with Crippen LogP contribution in [-0.2, 0) is 20.7 Å². The monoisotopic (exact) mass is 463 g/mol. The zero-order valence-electron chi connectivity index (χ0n) is 19.5. The molecule has 2 aromatic rings. The molecule has 1 saturated heterocycles. The lowest BCUT2D eigenvalue weighted by molar-refractivity contribution is -0.114. The van der Waals surface area contributed by atoms with Crippen LogP contribution in [0, 0.1) is 6.92 Å². The molecular weight excluding hydrogens is 434 g/mol. The summed E-state index contributed by atoms with van der Waals surface area (Å²) in [6.07, 6.45) is 2.56. The van der Waals surface area contributed by atoms with Crippen LogP contribution in [-0.4, -0.2) is 78.4 Å². The van der Waals surface area contributed by atoms with Gasteiger partial charge in [0, 0.05) is 74.4 Å². The highest BCUT2D eigenvalue weighted by molar-refractivity contribution is 6.35. The number of amides is 3. The van der Waals surface area contributed by atoms with E-state index in [9.17, 15) is 14.4 Å². The van der Waals surface area contributed by atoms with Gasteiger partial charge in [0.2, 0.25) is 5.91 Å². The first kappa shape index (κ1) is 22.4. The van der Waals surface area contributed by atoms with Gasteiger partial charge < -0.3 is 25.3 Å². The summed E-state index contributed by atoms with van der Waals surface area (Å²) in [6, 6.07) is 5.32. The number of nitrogens with zero attached hydrogens (tertiary/aromatic N) is 2. The number of hydrogen-bond acceptors (Lipinski definition) is 5. The number of aromatic nitrogens is 1. The lowest BCUT2D eigenvalue weighted by atomic mass is 10.0. The molecule has 0 spiro atoms. The predicted molar refractivity (Wildman–Crippen MR) is 130 cm³/mol. The van der Waals surface area contributed by atoms with Gasteiger partial charge in [0.1, 0.15) is 0 Å². The molecule has 178 valence electrons. The summed E-state index contributed by atoms with van der Waals surface area (Å²) in [7, 11) is 0. The Morgan fingerprint density at radius 3 is 2.74 bits per heavy atom. The van der Waals surface area contributed by atoms with Crippen LogP contribution in [0.1, 0.15) is 39.8 Å². The quantitative estimate of drug-likeness (QED) is 0.589. The Bertz CT molecular complexity index is 1190. The number of rotatable bonds is 5. The van der Waals surface area contributed by atoms with Crippen molar-refractivity contribution in [1.82, 2.24) is 14.8 Å². The molecule has 9 nitrogen and oxygen atoms in total. The van der Waals surface area contributed by atoms with Gasteiger partial charge in [0.15, 0.2) is 0 Å². The van der Waals surface area contributed by atoms with E-state index in [1.807, 2.05) is 11.8 Å². The molecule has 3 amide bonds. The summed E-state index contributed by atoms with van der Waals surface area (Å²) in [5.41, 5.74) is 5.79. The molecule has 0 aliphatic carbocycles. The van der Waals surface area contributed by atoms with Crippen molar-refractivity contribution in [3.05, 3.63) is 46.3 Å². The van der Waals surface area contributed by atoms with E-state index in [4.69, 9.17) is 4.74 Å². The van der Waals surface area contributed by atoms with E-state index >= 15 is 0 Å². The first-order valence-corrected chi connectivity index (χ1v) is 11.7. The smallest absolute Gasteiger partial charge is 0.256 e. The number of benzene rings is 1. The largest absolute Gasteiger partial charge is 0.379 e. The number of anilines is 2. The van der Waals surface area contributed by atoms with E-state index in [1.165, 1.54) is 6.92 Å². The molecular formula is C25H29N5O4. The first-order chi connectivity index (χ1) is 16.4. The number of fused-ring (bicyclic) bond motifs is 2. The molecule has 3 N–H and O–H groups in total. The van der Waals surface area contributed by atoms with Crippen molar-refractivity contribution in [2.75, 3.05) is 56.6 Å². The minimum absolute atomic E-state index is 0.0390. The molecule has 1 aromatic heterocycles. The van der Waals surface area contributed by atoms with Crippen LogP contribution in [0.5, 0.6) is 0 Å². The second-order valence-corrected chi connectivity index (χ2v) is 8.97. The molecule has 0 radical (unpaired) electrons. The Hall–Kier alpha value is -3.43. The normalized spacial score (nSPS) is 19.2. The standard InChI is InChI=1S/C25H29N5O4/c1-15-22(14-19-18-13-17(26-16(2)31)3-4-20(18)28-24(19)32)27-21-5-6-30(25(33)23(15)21)8-7-29-9-11-34-12-10-29/h3-4,13-14,27H,5-12H2,1-2H3,(H,26,31)(H,28,32)/b19-14+. The first-order valence-electron chi connectivity index (χ1n) is 11.7. The average molecular weight is 464 g/mol. The van der Waals surface area contributed by atoms with Crippen molar-refractivity contribution >= 4 is 40.7 Å². The minimum atomic E-state index is -0.208. The molecule has 0 unspecified atom stereocenters. The van der Waals surface area contributed by atoms with Crippen LogP contribution < -0.4 is 10.6 Å². The van der Waals surface area contributed by atoms with Crippen LogP contribution >= 0.6 is 0 Å². The van der Waals surface area contributed by atoms with Gasteiger partial charge in [-0.2, -0.15) is 0 Å². The molecule has 5 rings (SSSR count). The summed E-state index contributed by atoms with van der Waals surface area (Å²) in [5, 5.41) is 5.63. The number of hydrogen-bond donors (Lipinski definition) is 3. The number of morpholine rings is 1. The second-order valence-electron chi connectivity index (χ2n) is 8.97. The molecule has 0 saturated carbocycles. The zero-order chi connectivity index (χ0) is 23.8. The van der Waals surface area contributed by atoms with Crippen LogP contribution in [0.4, 0.5) is 11.4 Å². The Kier molecular flexibility index (Phi) is 5.97. The van der Waals surface area contributed by atoms with Gasteiger partial charge in [-0.3, -0.25) is 19.3 Å². The van der Waals surface area contributed by atoms with E-state index in [1.54, 1.807) is 24.3 Å². The van der Waals surface area contributed by atoms with E-state index in [2.05, 4.69) is 20.5 Å². The Balaban J connectivity index is 1.39. The fourth-order valence-corrected chi connectivity index (χ4v) is 4.86. The third-order valence-corrected chi connectivity index (χ3v) is 6.70. The maximum absolute atomic E-state index is 13.3. The Morgan fingerprint density at radius 1 is 1.18 bits per heavy atom. The highest BCUT2D eigenvalue weighted by Gasteiger charge is 2.31. The topological polar surface area (TPSA) is 107 Å². The van der Waals surface area contributed by atoms with Crippen molar-refractivity contribution in [2.24, 2.45) is 0 Å². The fourth-order valence-electron chi connectivity index (χ4n) is 4.86. The van der Waals surface area contributed by atoms with Crippen LogP contribution in [0.3, 0.4) is 0 Å². The van der Waals surface area contributed by atoms with E-state index in [0.717, 1.165) is 61.8 Å². The molecule has 3 aliphatic heterocycles. The average Bonchev–Trinajstić information content (AvgIpc) is 3.30. The van der Waals surface area contributed by atoms with Crippen molar-refractivity contribution < 1.29 is 19.1 Å². The SMILES string of the molecule is CC(=O)Nc1ccc2c(c1)/C(=C\c1[nH]c3c(c1C)C(=O)N(CCN1CCOCC1)CC3)C(=O)N2. The van der Waals surface area contributed by atoms with Gasteiger partial charge in [0.05, 0.1) is 24.4 Å². The van der Waals surface area contributed by atoms with E-state index in [0.29, 0.717) is 35.6 Å². The van der Waals surface area contributed by atoms with Gasteiger partial charge in [-0.1, -0.05) is 0 Å². The molecule has 4 heterocycles. The van der Waals surface area contributed by atoms with Crippen molar-refractivity contribution in [1.29, 1.82) is 0 Å². The Morgan fingerprint density at radius 2 is 1.97 bits per heavy atom. The molecule has 3 aliphatic rings. The van der Waals surface area contributed by atoms with E-state index in [-0.39, 0.29) is 17.7 Å². The zero-order valence-corrected chi connectivity index (χ0v) is 19.5. The number of nitrogens with one attached hydrogen (secondary N) is 3. The van der Waals surface area contributed by atoms with Crippen molar-refractivity contribution in [3.8, 4) is 0 Å². The lowest BCUT2D eigenvalue weighted by Gasteiger charge is -2.32. The molecule has 9 heteroatoms. The number of carbonyl (C=O) groups excluding carboxylic acids is 3. The highest BCUT2D eigenvalue weighted by Crippen LogP contribution is 2.36. The maximum atomic E-state index is 13.3. The summed E-state index contributed by atoms with van der Waals surface area (Å²) in [6.45, 7) is 8.89. The molecule has 1 fully saturated rings. The lowest BCUT2D eigenvalue weighted by Crippen LogP contribution is -2.45. The molecule has 1 aromatic carbocycles. The highest BCUT2D eigenvalue weighted by atomic mass is 16.5. The molecule has 34 heavy (non-hydrogen) atoms. The predicted octanol–water partition coefficient (Wildman–Crippen LogP) is 2.10. The number of aromatic amines is 1. The third kappa shape index (κ3) is 4.24.